The van der Waals surface area contributed by atoms with Crippen molar-refractivity contribution < 1.29 is 61.9 Å². The Labute approximate surface area is 387 Å². The highest BCUT2D eigenvalue weighted by atomic mass is 79.9. The van der Waals surface area contributed by atoms with Gasteiger partial charge in [0.05, 0.1) is 19.6 Å². The van der Waals surface area contributed by atoms with Crippen molar-refractivity contribution in [1.29, 1.82) is 0 Å². The van der Waals surface area contributed by atoms with Gasteiger partial charge in [0.2, 0.25) is 17.7 Å². The number of nitrogens with one attached hydrogen (secondary N) is 4. The molecule has 0 spiro atoms. The predicted octanol–water partition coefficient (Wildman–Crippen LogP) is 5.78. The van der Waals surface area contributed by atoms with Gasteiger partial charge in [-0.05, 0) is 76.3 Å². The number of carbonyl (C=O) groups excluding carboxylic acids is 6. The average molecular weight is 968 g/mol. The van der Waals surface area contributed by atoms with Crippen LogP contribution in [-0.2, 0) is 67.0 Å². The largest absolute Gasteiger partial charge is 0.514 e. The second-order valence-corrected chi connectivity index (χ2v) is 18.5. The van der Waals surface area contributed by atoms with Crippen LogP contribution in [0.4, 0.5) is 9.59 Å². The van der Waals surface area contributed by atoms with Crippen LogP contribution in [0.25, 0.3) is 0 Å². The first-order chi connectivity index (χ1) is 30.7. The molecule has 65 heavy (non-hydrogen) atoms. The van der Waals surface area contributed by atoms with E-state index in [-0.39, 0.29) is 37.5 Å². The van der Waals surface area contributed by atoms with Crippen LogP contribution in [-0.4, -0.2) is 97.1 Å². The van der Waals surface area contributed by atoms with Gasteiger partial charge in [-0.2, -0.15) is 0 Å². The monoisotopic (exact) mass is 966 g/mol. The lowest BCUT2D eigenvalue weighted by atomic mass is 10.0. The summed E-state index contributed by atoms with van der Waals surface area (Å²) in [6.07, 6.45) is -5.37. The van der Waals surface area contributed by atoms with E-state index in [1.807, 2.05) is 62.4 Å². The molecule has 4 N–H and O–H groups in total. The molecule has 2 fully saturated rings. The van der Waals surface area contributed by atoms with Gasteiger partial charge >= 0.3 is 18.2 Å². The summed E-state index contributed by atoms with van der Waals surface area (Å²) in [4.78, 5) is 79.7. The Morgan fingerprint density at radius 1 is 0.769 bits per heavy atom. The molecule has 7 atom stereocenters. The molecule has 0 aromatic heterocycles. The Hall–Kier alpha value is -5.56. The van der Waals surface area contributed by atoms with Crippen LogP contribution in [0.15, 0.2) is 83.3 Å². The molecule has 3 aromatic rings. The number of halogens is 1. The van der Waals surface area contributed by atoms with E-state index in [1.165, 1.54) is 19.2 Å². The molecule has 0 radical (unpaired) electrons. The Morgan fingerprint density at radius 2 is 1.38 bits per heavy atom. The first-order valence-electron chi connectivity index (χ1n) is 21.4. The second-order valence-electron chi connectivity index (χ2n) is 17.7. The zero-order valence-corrected chi connectivity index (χ0v) is 39.4. The summed E-state index contributed by atoms with van der Waals surface area (Å²) in [5, 5.41) is 11.0. The van der Waals surface area contributed by atoms with E-state index in [2.05, 4.69) is 37.2 Å². The molecule has 2 heterocycles. The lowest BCUT2D eigenvalue weighted by Gasteiger charge is -2.27. The van der Waals surface area contributed by atoms with Gasteiger partial charge in [0.1, 0.15) is 48.3 Å². The number of benzene rings is 3. The first kappa shape index (κ1) is 50.4. The maximum atomic E-state index is 14.1. The molecule has 352 valence electrons. The Morgan fingerprint density at radius 3 is 2.02 bits per heavy atom. The standard InChI is InChI=1S/C47H59BrN4O13/c1-27(2)22-35(43(56)59-8)50-40(54)33(23-28-14-10-9-11-15-28)49-37(53)25-36-38-39(64-47(6,7)63-38)42(62-36)52-41(55)34(51-44(57)65-46(3,4)5)24-29-18-20-31(21-19-29)61-45(58)60-26-30-16-12-13-17-32(30)48/h9-21,27,33-36,38-39,42H,22-26H2,1-8H3,(H,49,53)(H,50,54)(H,51,57)(H,52,55)/t33-,34-,35-,36-,38-,39-,42-/m0/s1. The smallest absolute Gasteiger partial charge is 0.467 e. The molecule has 5 rings (SSSR count). The summed E-state index contributed by atoms with van der Waals surface area (Å²) in [6, 6.07) is 19.5. The van der Waals surface area contributed by atoms with Crippen molar-refractivity contribution in [1.82, 2.24) is 21.3 Å². The molecule has 0 bridgehead atoms. The van der Waals surface area contributed by atoms with Crippen molar-refractivity contribution in [3.63, 3.8) is 0 Å². The molecule has 2 aliphatic rings. The number of ether oxygens (including phenoxy) is 7. The van der Waals surface area contributed by atoms with Gasteiger partial charge < -0.3 is 54.4 Å². The SMILES string of the molecule is COC(=O)[C@H](CC(C)C)NC(=O)[C@H](Cc1ccccc1)NC(=O)C[C@@H]1O[C@H](NC(=O)[C@H](Cc2ccc(OC(=O)OCc3ccccc3Br)cc2)NC(=O)OC(C)(C)C)[C@H]2OC(C)(C)O[C@H]21. The number of fused-ring (bicyclic) bond motifs is 1. The van der Waals surface area contributed by atoms with E-state index in [0.29, 0.717) is 12.0 Å². The topological polar surface area (TPSA) is 215 Å². The predicted molar refractivity (Wildman–Crippen MR) is 239 cm³/mol. The van der Waals surface area contributed by atoms with E-state index in [4.69, 9.17) is 33.2 Å². The zero-order chi connectivity index (χ0) is 47.5. The van der Waals surface area contributed by atoms with Crippen molar-refractivity contribution in [2.75, 3.05) is 7.11 Å². The van der Waals surface area contributed by atoms with Crippen LogP contribution in [0.2, 0.25) is 0 Å². The number of amides is 4. The van der Waals surface area contributed by atoms with Crippen LogP contribution in [0.5, 0.6) is 5.75 Å². The summed E-state index contributed by atoms with van der Waals surface area (Å²) in [6.45, 7) is 12.3. The number of rotatable bonds is 18. The van der Waals surface area contributed by atoms with Crippen molar-refractivity contribution in [2.24, 2.45) is 5.92 Å². The highest BCUT2D eigenvalue weighted by molar-refractivity contribution is 9.10. The van der Waals surface area contributed by atoms with Crippen LogP contribution < -0.4 is 26.0 Å². The van der Waals surface area contributed by atoms with Crippen molar-refractivity contribution in [2.45, 2.75) is 135 Å². The van der Waals surface area contributed by atoms with E-state index in [1.54, 1.807) is 52.8 Å². The molecule has 4 amide bonds. The number of hydrogen-bond donors (Lipinski definition) is 4. The number of esters is 1. The van der Waals surface area contributed by atoms with Crippen LogP contribution in [0, 0.1) is 5.92 Å². The zero-order valence-electron chi connectivity index (χ0n) is 37.8. The average Bonchev–Trinajstić information content (AvgIpc) is 3.71. The fraction of sp³-hybridized carbons (Fsp3) is 0.489. The normalized spacial score (nSPS) is 20.0. The quantitative estimate of drug-likeness (QED) is 0.0677. The van der Waals surface area contributed by atoms with E-state index in [0.717, 1.165) is 15.6 Å². The minimum absolute atomic E-state index is 0.00684. The maximum absolute atomic E-state index is 14.1. The summed E-state index contributed by atoms with van der Waals surface area (Å²) >= 11 is 3.42. The van der Waals surface area contributed by atoms with Gasteiger partial charge in [-0.15, -0.1) is 0 Å². The van der Waals surface area contributed by atoms with E-state index >= 15 is 0 Å². The lowest BCUT2D eigenvalue weighted by Crippen LogP contribution is -2.54. The van der Waals surface area contributed by atoms with Crippen molar-refractivity contribution in [3.05, 3.63) is 100 Å². The fourth-order valence-corrected chi connectivity index (χ4v) is 7.66. The Balaban J connectivity index is 1.27. The van der Waals surface area contributed by atoms with Gasteiger partial charge in [-0.1, -0.05) is 90.4 Å². The Bertz CT molecular complexity index is 2130. The van der Waals surface area contributed by atoms with Gasteiger partial charge in [0, 0.05) is 22.9 Å². The molecular formula is C47H59BrN4O13. The first-order valence-corrected chi connectivity index (χ1v) is 22.2. The number of methoxy groups -OCH3 is 1. The number of hydrogen-bond acceptors (Lipinski definition) is 13. The van der Waals surface area contributed by atoms with E-state index < -0.39 is 90.0 Å². The highest BCUT2D eigenvalue weighted by Gasteiger charge is 2.56. The maximum Gasteiger partial charge on any atom is 0.514 e. The molecule has 0 saturated carbocycles. The summed E-state index contributed by atoms with van der Waals surface area (Å²) in [5.74, 6) is -3.26. The fourth-order valence-electron chi connectivity index (χ4n) is 7.26. The van der Waals surface area contributed by atoms with Gasteiger partial charge in [-0.3, -0.25) is 14.4 Å². The van der Waals surface area contributed by atoms with E-state index in [9.17, 15) is 28.8 Å². The summed E-state index contributed by atoms with van der Waals surface area (Å²) < 4.78 is 40.4. The highest BCUT2D eigenvalue weighted by Crippen LogP contribution is 2.39. The van der Waals surface area contributed by atoms with Crippen LogP contribution in [0.3, 0.4) is 0 Å². The molecule has 17 nitrogen and oxygen atoms in total. The van der Waals surface area contributed by atoms with Gasteiger partial charge in [0.15, 0.2) is 12.0 Å². The molecule has 18 heteroatoms. The third kappa shape index (κ3) is 15.5. The molecule has 0 unspecified atom stereocenters. The summed E-state index contributed by atoms with van der Waals surface area (Å²) in [7, 11) is 1.24. The molecular weight excluding hydrogens is 908 g/mol. The lowest BCUT2D eigenvalue weighted by molar-refractivity contribution is -0.192. The molecule has 2 saturated heterocycles. The van der Waals surface area contributed by atoms with Crippen LogP contribution in [0.1, 0.15) is 78.0 Å². The third-order valence-electron chi connectivity index (χ3n) is 10.1. The molecule has 2 aliphatic heterocycles. The van der Waals surface area contributed by atoms with Crippen molar-refractivity contribution >= 4 is 51.9 Å². The third-order valence-corrected chi connectivity index (χ3v) is 10.9. The second kappa shape index (κ2) is 22.6. The number of alkyl carbamates (subject to hydrolysis) is 1. The summed E-state index contributed by atoms with van der Waals surface area (Å²) in [5.41, 5.74) is 1.25. The number of carbonyl (C=O) groups is 6. The minimum atomic E-state index is -1.20. The Kier molecular flexibility index (Phi) is 17.5. The van der Waals surface area contributed by atoms with Crippen molar-refractivity contribution in [3.8, 4) is 5.75 Å². The van der Waals surface area contributed by atoms with Crippen LogP contribution >= 0.6 is 15.9 Å². The minimum Gasteiger partial charge on any atom is -0.467 e. The molecule has 3 aromatic carbocycles. The van der Waals surface area contributed by atoms with Gasteiger partial charge in [0.25, 0.3) is 0 Å². The molecule has 0 aliphatic carbocycles. The van der Waals surface area contributed by atoms with Gasteiger partial charge in [-0.25, -0.2) is 14.4 Å².